The lowest BCUT2D eigenvalue weighted by Gasteiger charge is -2.38. The van der Waals surface area contributed by atoms with Gasteiger partial charge in [0, 0.05) is 6.04 Å². The molecular formula is C16H31N. The van der Waals surface area contributed by atoms with Crippen LogP contribution in [0.5, 0.6) is 0 Å². The highest BCUT2D eigenvalue weighted by Gasteiger charge is 2.37. The monoisotopic (exact) mass is 237 g/mol. The third kappa shape index (κ3) is 3.47. The van der Waals surface area contributed by atoms with Crippen LogP contribution in [0.25, 0.3) is 0 Å². The minimum absolute atomic E-state index is 0.793. The molecule has 2 rings (SSSR count). The van der Waals surface area contributed by atoms with Crippen molar-refractivity contribution in [1.82, 2.24) is 5.32 Å². The van der Waals surface area contributed by atoms with Crippen molar-refractivity contribution in [2.45, 2.75) is 78.2 Å². The molecule has 1 atom stereocenters. The minimum Gasteiger partial charge on any atom is -0.314 e. The standard InChI is InChI=1S/C16H31N/c1-13(2)14(3)12-17-15-6-10-16(11-7-15)8-4-5-9-16/h13-15,17H,4-12H2,1-3H3. The minimum atomic E-state index is 0.793. The van der Waals surface area contributed by atoms with Gasteiger partial charge in [0.15, 0.2) is 0 Å². The number of hydrogen-bond donors (Lipinski definition) is 1. The maximum absolute atomic E-state index is 3.81. The van der Waals surface area contributed by atoms with Crippen LogP contribution in [0.3, 0.4) is 0 Å². The lowest BCUT2D eigenvalue weighted by molar-refractivity contribution is 0.165. The molecule has 0 radical (unpaired) electrons. The molecule has 2 aliphatic rings. The zero-order chi connectivity index (χ0) is 12.3. The summed E-state index contributed by atoms with van der Waals surface area (Å²) in [4.78, 5) is 0. The first kappa shape index (κ1) is 13.4. The average molecular weight is 237 g/mol. The molecule has 1 N–H and O–H groups in total. The summed E-state index contributed by atoms with van der Waals surface area (Å²) in [7, 11) is 0. The number of hydrogen-bond acceptors (Lipinski definition) is 1. The SMILES string of the molecule is CC(C)C(C)CNC1CCC2(CCCC2)CC1. The van der Waals surface area contributed by atoms with E-state index in [9.17, 15) is 0 Å². The Balaban J connectivity index is 1.68. The predicted molar refractivity (Wildman–Crippen MR) is 75.2 cm³/mol. The summed E-state index contributed by atoms with van der Waals surface area (Å²) in [5.74, 6) is 1.63. The molecule has 0 aromatic heterocycles. The first-order valence-electron chi connectivity index (χ1n) is 7.85. The van der Waals surface area contributed by atoms with E-state index in [4.69, 9.17) is 0 Å². The van der Waals surface area contributed by atoms with E-state index in [0.717, 1.165) is 23.3 Å². The molecule has 1 unspecified atom stereocenters. The fraction of sp³-hybridized carbons (Fsp3) is 1.00. The van der Waals surface area contributed by atoms with Gasteiger partial charge in [-0.1, -0.05) is 33.6 Å². The van der Waals surface area contributed by atoms with E-state index in [2.05, 4.69) is 26.1 Å². The van der Waals surface area contributed by atoms with Gasteiger partial charge in [0.2, 0.25) is 0 Å². The molecule has 1 heteroatoms. The van der Waals surface area contributed by atoms with Crippen molar-refractivity contribution in [3.8, 4) is 0 Å². The summed E-state index contributed by atoms with van der Waals surface area (Å²) >= 11 is 0. The highest BCUT2D eigenvalue weighted by atomic mass is 14.9. The molecular weight excluding hydrogens is 206 g/mol. The molecule has 1 nitrogen and oxygen atoms in total. The van der Waals surface area contributed by atoms with E-state index in [1.807, 2.05) is 0 Å². The Morgan fingerprint density at radius 3 is 2.12 bits per heavy atom. The Hall–Kier alpha value is -0.0400. The second-order valence-corrected chi connectivity index (χ2v) is 7.11. The molecule has 0 aromatic rings. The molecule has 17 heavy (non-hydrogen) atoms. The summed E-state index contributed by atoms with van der Waals surface area (Å²) in [6.07, 6.45) is 11.9. The number of nitrogens with one attached hydrogen (secondary N) is 1. The lowest BCUT2D eigenvalue weighted by Crippen LogP contribution is -2.39. The third-order valence-electron chi connectivity index (χ3n) is 5.58. The van der Waals surface area contributed by atoms with Gasteiger partial charge in [0.05, 0.1) is 0 Å². The van der Waals surface area contributed by atoms with Crippen LogP contribution in [0.4, 0.5) is 0 Å². The van der Waals surface area contributed by atoms with Crippen molar-refractivity contribution >= 4 is 0 Å². The van der Waals surface area contributed by atoms with Crippen LogP contribution in [0.1, 0.15) is 72.1 Å². The molecule has 0 heterocycles. The normalized spacial score (nSPS) is 26.8. The van der Waals surface area contributed by atoms with Crippen LogP contribution in [-0.2, 0) is 0 Å². The largest absolute Gasteiger partial charge is 0.314 e. The van der Waals surface area contributed by atoms with E-state index in [-0.39, 0.29) is 0 Å². The summed E-state index contributed by atoms with van der Waals surface area (Å²) in [5, 5.41) is 3.81. The Morgan fingerprint density at radius 1 is 1.00 bits per heavy atom. The van der Waals surface area contributed by atoms with Gasteiger partial charge in [-0.3, -0.25) is 0 Å². The van der Waals surface area contributed by atoms with E-state index in [1.165, 1.54) is 57.9 Å². The van der Waals surface area contributed by atoms with E-state index in [1.54, 1.807) is 0 Å². The van der Waals surface area contributed by atoms with Crippen LogP contribution in [0.15, 0.2) is 0 Å². The van der Waals surface area contributed by atoms with Gasteiger partial charge in [0.25, 0.3) is 0 Å². The van der Waals surface area contributed by atoms with Gasteiger partial charge in [-0.15, -0.1) is 0 Å². The molecule has 2 saturated carbocycles. The number of rotatable bonds is 4. The van der Waals surface area contributed by atoms with Gasteiger partial charge in [0.1, 0.15) is 0 Å². The summed E-state index contributed by atoms with van der Waals surface area (Å²) in [6, 6.07) is 0.822. The molecule has 2 aliphatic carbocycles. The first-order chi connectivity index (χ1) is 8.11. The Kier molecular flexibility index (Phi) is 4.52. The van der Waals surface area contributed by atoms with Crippen LogP contribution >= 0.6 is 0 Å². The van der Waals surface area contributed by atoms with E-state index in [0.29, 0.717) is 0 Å². The fourth-order valence-electron chi connectivity index (χ4n) is 3.65. The van der Waals surface area contributed by atoms with Crippen molar-refractivity contribution in [3.05, 3.63) is 0 Å². The maximum atomic E-state index is 3.81. The van der Waals surface area contributed by atoms with Gasteiger partial charge in [-0.2, -0.15) is 0 Å². The zero-order valence-corrected chi connectivity index (χ0v) is 12.1. The molecule has 1 spiro atoms. The average Bonchev–Trinajstić information content (AvgIpc) is 2.76. The molecule has 0 aromatic carbocycles. The van der Waals surface area contributed by atoms with Crippen LogP contribution in [-0.4, -0.2) is 12.6 Å². The molecule has 0 bridgehead atoms. The van der Waals surface area contributed by atoms with Crippen molar-refractivity contribution in [2.24, 2.45) is 17.3 Å². The van der Waals surface area contributed by atoms with Crippen LogP contribution in [0, 0.1) is 17.3 Å². The lowest BCUT2D eigenvalue weighted by atomic mass is 9.71. The second-order valence-electron chi connectivity index (χ2n) is 7.11. The highest BCUT2D eigenvalue weighted by Crippen LogP contribution is 2.48. The Morgan fingerprint density at radius 2 is 1.59 bits per heavy atom. The van der Waals surface area contributed by atoms with Crippen molar-refractivity contribution < 1.29 is 0 Å². The van der Waals surface area contributed by atoms with Gasteiger partial charge in [-0.25, -0.2) is 0 Å². The zero-order valence-electron chi connectivity index (χ0n) is 12.1. The maximum Gasteiger partial charge on any atom is 0.00675 e. The second kappa shape index (κ2) is 5.73. The van der Waals surface area contributed by atoms with Gasteiger partial charge < -0.3 is 5.32 Å². The highest BCUT2D eigenvalue weighted by molar-refractivity contribution is 4.91. The van der Waals surface area contributed by atoms with Crippen molar-refractivity contribution in [2.75, 3.05) is 6.54 Å². The van der Waals surface area contributed by atoms with Crippen molar-refractivity contribution in [1.29, 1.82) is 0 Å². The summed E-state index contributed by atoms with van der Waals surface area (Å²) < 4.78 is 0. The first-order valence-corrected chi connectivity index (χ1v) is 7.85. The van der Waals surface area contributed by atoms with E-state index < -0.39 is 0 Å². The van der Waals surface area contributed by atoms with Crippen molar-refractivity contribution in [3.63, 3.8) is 0 Å². The predicted octanol–water partition coefficient (Wildman–Crippen LogP) is 4.37. The summed E-state index contributed by atoms with van der Waals surface area (Å²) in [5.41, 5.74) is 0.793. The topological polar surface area (TPSA) is 12.0 Å². The molecule has 0 saturated heterocycles. The molecule has 0 amide bonds. The molecule has 0 aliphatic heterocycles. The third-order valence-corrected chi connectivity index (χ3v) is 5.58. The van der Waals surface area contributed by atoms with Crippen LogP contribution < -0.4 is 5.32 Å². The molecule has 2 fully saturated rings. The summed E-state index contributed by atoms with van der Waals surface area (Å²) in [6.45, 7) is 8.26. The Labute approximate surface area is 108 Å². The quantitative estimate of drug-likeness (QED) is 0.765. The Bertz CT molecular complexity index is 215. The van der Waals surface area contributed by atoms with Gasteiger partial charge in [-0.05, 0) is 62.3 Å². The molecule has 100 valence electrons. The van der Waals surface area contributed by atoms with Crippen LogP contribution in [0.2, 0.25) is 0 Å². The smallest absolute Gasteiger partial charge is 0.00675 e. The fourth-order valence-corrected chi connectivity index (χ4v) is 3.65. The van der Waals surface area contributed by atoms with Gasteiger partial charge >= 0.3 is 0 Å². The van der Waals surface area contributed by atoms with E-state index >= 15 is 0 Å².